The quantitative estimate of drug-likeness (QED) is 0.829. The van der Waals surface area contributed by atoms with Gasteiger partial charge in [-0.05, 0) is 59.6 Å². The van der Waals surface area contributed by atoms with E-state index >= 15 is 0 Å². The Balaban J connectivity index is 1.56. The first-order valence-electron chi connectivity index (χ1n) is 9.45. The molecule has 0 spiro atoms. The van der Waals surface area contributed by atoms with Crippen molar-refractivity contribution in [3.8, 4) is 10.8 Å². The van der Waals surface area contributed by atoms with E-state index in [-0.39, 0.29) is 18.0 Å². The highest BCUT2D eigenvalue weighted by Gasteiger charge is 2.28. The number of aryl methyl sites for hydroxylation is 2. The Morgan fingerprint density at radius 2 is 1.93 bits per heavy atom. The van der Waals surface area contributed by atoms with E-state index in [9.17, 15) is 9.59 Å². The van der Waals surface area contributed by atoms with Gasteiger partial charge in [0.05, 0.1) is 5.69 Å². The van der Waals surface area contributed by atoms with E-state index in [4.69, 9.17) is 9.15 Å². The minimum atomic E-state index is -0.504. The van der Waals surface area contributed by atoms with Crippen LogP contribution in [0.3, 0.4) is 0 Å². The monoisotopic (exact) mass is 405 g/mol. The molecule has 8 heteroatoms. The van der Waals surface area contributed by atoms with Gasteiger partial charge in [0, 0.05) is 19.1 Å². The second kappa shape index (κ2) is 7.95. The van der Waals surface area contributed by atoms with Crippen molar-refractivity contribution in [1.82, 2.24) is 15.2 Å². The van der Waals surface area contributed by atoms with Crippen molar-refractivity contribution in [2.45, 2.75) is 59.1 Å². The predicted molar refractivity (Wildman–Crippen MR) is 108 cm³/mol. The van der Waals surface area contributed by atoms with E-state index in [0.717, 1.165) is 5.76 Å². The minimum Gasteiger partial charge on any atom is -0.459 e. The summed E-state index contributed by atoms with van der Waals surface area (Å²) in [5.41, 5.74) is 0.188. The zero-order valence-electron chi connectivity index (χ0n) is 17.0. The van der Waals surface area contributed by atoms with Crippen LogP contribution in [-0.2, 0) is 4.74 Å². The van der Waals surface area contributed by atoms with Crippen molar-refractivity contribution in [2.75, 3.05) is 13.1 Å². The maximum Gasteiger partial charge on any atom is 0.410 e. The molecule has 152 valence electrons. The molecule has 2 aromatic rings. The highest BCUT2D eigenvalue weighted by Crippen LogP contribution is 2.29. The van der Waals surface area contributed by atoms with E-state index in [1.54, 1.807) is 4.90 Å². The van der Waals surface area contributed by atoms with Gasteiger partial charge < -0.3 is 19.4 Å². The summed E-state index contributed by atoms with van der Waals surface area (Å²) >= 11 is 1.33. The van der Waals surface area contributed by atoms with Crippen molar-refractivity contribution in [1.29, 1.82) is 0 Å². The molecule has 7 nitrogen and oxygen atoms in total. The summed E-state index contributed by atoms with van der Waals surface area (Å²) in [7, 11) is 0. The maximum atomic E-state index is 12.7. The number of nitrogens with zero attached hydrogens (tertiary/aromatic N) is 2. The number of amides is 2. The number of likely N-dealkylation sites (tertiary alicyclic amines) is 1. The van der Waals surface area contributed by atoms with Crippen LogP contribution in [0.4, 0.5) is 4.79 Å². The van der Waals surface area contributed by atoms with Gasteiger partial charge in [-0.25, -0.2) is 9.78 Å². The first-order chi connectivity index (χ1) is 13.1. The lowest BCUT2D eigenvalue weighted by atomic mass is 10.1. The molecule has 3 rings (SSSR count). The molecule has 2 aromatic heterocycles. The third-order valence-electron chi connectivity index (χ3n) is 4.44. The topological polar surface area (TPSA) is 84.7 Å². The number of ether oxygens (including phenoxy) is 1. The lowest BCUT2D eigenvalue weighted by Crippen LogP contribution is -2.47. The van der Waals surface area contributed by atoms with Crippen LogP contribution in [0.2, 0.25) is 0 Å². The number of aromatic nitrogens is 1. The van der Waals surface area contributed by atoms with Crippen LogP contribution in [-0.4, -0.2) is 46.6 Å². The Kier molecular flexibility index (Phi) is 5.79. The van der Waals surface area contributed by atoms with Gasteiger partial charge in [0.2, 0.25) is 0 Å². The molecule has 0 unspecified atom stereocenters. The van der Waals surface area contributed by atoms with Crippen LogP contribution >= 0.6 is 11.3 Å². The van der Waals surface area contributed by atoms with Gasteiger partial charge in [0.1, 0.15) is 16.2 Å². The molecule has 0 aromatic carbocycles. The number of rotatable bonds is 3. The normalized spacial score (nSPS) is 15.5. The van der Waals surface area contributed by atoms with Gasteiger partial charge in [-0.3, -0.25) is 4.79 Å². The van der Waals surface area contributed by atoms with Gasteiger partial charge in [-0.2, -0.15) is 0 Å². The summed E-state index contributed by atoms with van der Waals surface area (Å²) in [4.78, 5) is 31.6. The van der Waals surface area contributed by atoms with Crippen molar-refractivity contribution < 1.29 is 18.7 Å². The van der Waals surface area contributed by atoms with E-state index < -0.39 is 5.60 Å². The van der Waals surface area contributed by atoms with Crippen LogP contribution in [0.5, 0.6) is 0 Å². The third kappa shape index (κ3) is 4.92. The van der Waals surface area contributed by atoms with Crippen molar-refractivity contribution in [3.63, 3.8) is 0 Å². The summed E-state index contributed by atoms with van der Waals surface area (Å²) in [6, 6.07) is 3.77. The number of furan rings is 1. The summed E-state index contributed by atoms with van der Waals surface area (Å²) in [5, 5.41) is 3.78. The molecule has 1 aliphatic rings. The Bertz CT molecular complexity index is 857. The molecular formula is C20H27N3O4S. The van der Waals surface area contributed by atoms with Crippen LogP contribution < -0.4 is 5.32 Å². The molecule has 28 heavy (non-hydrogen) atoms. The lowest BCUT2D eigenvalue weighted by molar-refractivity contribution is 0.0200. The van der Waals surface area contributed by atoms with E-state index in [0.29, 0.717) is 47.3 Å². The molecule has 0 radical (unpaired) electrons. The second-order valence-corrected chi connectivity index (χ2v) is 9.06. The van der Waals surface area contributed by atoms with Crippen LogP contribution in [0.25, 0.3) is 10.8 Å². The summed E-state index contributed by atoms with van der Waals surface area (Å²) in [6.07, 6.45) is 1.11. The highest BCUT2D eigenvalue weighted by atomic mass is 32.1. The van der Waals surface area contributed by atoms with Crippen LogP contribution in [0.1, 0.15) is 54.7 Å². The molecular weight excluding hydrogens is 378 g/mol. The smallest absolute Gasteiger partial charge is 0.410 e. The molecule has 0 aliphatic carbocycles. The van der Waals surface area contributed by atoms with E-state index in [2.05, 4.69) is 10.3 Å². The molecule has 0 atom stereocenters. The molecule has 3 heterocycles. The first kappa shape index (κ1) is 20.4. The van der Waals surface area contributed by atoms with E-state index in [1.165, 1.54) is 11.3 Å². The zero-order chi connectivity index (χ0) is 20.5. The average Bonchev–Trinajstić information content (AvgIpc) is 3.19. The number of piperidine rings is 1. The Morgan fingerprint density at radius 3 is 2.50 bits per heavy atom. The zero-order valence-corrected chi connectivity index (χ0v) is 17.8. The fourth-order valence-corrected chi connectivity index (χ4v) is 3.98. The average molecular weight is 406 g/mol. The maximum absolute atomic E-state index is 12.7. The number of carbonyl (C=O) groups is 2. The van der Waals surface area contributed by atoms with Gasteiger partial charge in [-0.15, -0.1) is 11.3 Å². The number of thiazole rings is 1. The molecule has 1 fully saturated rings. The van der Waals surface area contributed by atoms with Crippen LogP contribution in [0, 0.1) is 13.8 Å². The Hall–Kier alpha value is -2.35. The Labute approximate surface area is 169 Å². The van der Waals surface area contributed by atoms with E-state index in [1.807, 2.05) is 46.8 Å². The van der Waals surface area contributed by atoms with Gasteiger partial charge in [0.25, 0.3) is 5.91 Å². The minimum absolute atomic E-state index is 0.0296. The molecule has 0 bridgehead atoms. The van der Waals surface area contributed by atoms with Crippen LogP contribution in [0.15, 0.2) is 16.5 Å². The van der Waals surface area contributed by atoms with Gasteiger partial charge in [0.15, 0.2) is 10.8 Å². The van der Waals surface area contributed by atoms with Crippen molar-refractivity contribution >= 4 is 23.3 Å². The predicted octanol–water partition coefficient (Wildman–Crippen LogP) is 4.15. The Morgan fingerprint density at radius 1 is 1.25 bits per heavy atom. The highest BCUT2D eigenvalue weighted by molar-refractivity contribution is 7.17. The molecule has 0 saturated carbocycles. The number of hydrogen-bond acceptors (Lipinski definition) is 6. The summed E-state index contributed by atoms with van der Waals surface area (Å²) in [5.74, 6) is 1.36. The molecule has 1 N–H and O–H groups in total. The summed E-state index contributed by atoms with van der Waals surface area (Å²) < 4.78 is 11.0. The molecule has 1 saturated heterocycles. The SMILES string of the molecule is Cc1ccc(-c2nc(C)c(C(=O)NC3CCN(C(=O)OC(C)(C)C)CC3)s2)o1. The van der Waals surface area contributed by atoms with Gasteiger partial charge >= 0.3 is 6.09 Å². The molecule has 2 amide bonds. The first-order valence-corrected chi connectivity index (χ1v) is 10.3. The molecule has 1 aliphatic heterocycles. The van der Waals surface area contributed by atoms with Gasteiger partial charge in [-0.1, -0.05) is 0 Å². The fraction of sp³-hybridized carbons (Fsp3) is 0.550. The third-order valence-corrected chi connectivity index (χ3v) is 5.61. The number of carbonyl (C=O) groups excluding carboxylic acids is 2. The summed E-state index contributed by atoms with van der Waals surface area (Å²) in [6.45, 7) is 10.4. The lowest BCUT2D eigenvalue weighted by Gasteiger charge is -2.33. The van der Waals surface area contributed by atoms with Crippen molar-refractivity contribution in [3.05, 3.63) is 28.5 Å². The van der Waals surface area contributed by atoms with Crippen molar-refractivity contribution in [2.24, 2.45) is 0 Å². The largest absolute Gasteiger partial charge is 0.459 e. The number of nitrogens with one attached hydrogen (secondary N) is 1. The standard InChI is InChI=1S/C20H27N3O4S/c1-12-6-7-15(26-12)18-21-13(2)16(28-18)17(24)22-14-8-10-23(11-9-14)19(25)27-20(3,4)5/h6-7,14H,8-11H2,1-5H3,(H,22,24). The second-order valence-electron chi connectivity index (χ2n) is 8.06. The fourth-order valence-electron chi connectivity index (χ4n) is 3.05. The number of hydrogen-bond donors (Lipinski definition) is 1.